The van der Waals surface area contributed by atoms with Gasteiger partial charge >= 0.3 is 10.4 Å². The Labute approximate surface area is 319 Å². The Morgan fingerprint density at radius 3 is 1.20 bits per heavy atom. The number of nitrogens with one attached hydrogen (secondary N) is 1. The minimum absolute atomic E-state index is 0.0277. The van der Waals surface area contributed by atoms with Crippen LogP contribution in [0.15, 0.2) is 4.99 Å². The van der Waals surface area contributed by atoms with Gasteiger partial charge < -0.3 is 4.90 Å². The zero-order valence-corrected chi connectivity index (χ0v) is 35.7. The van der Waals surface area contributed by atoms with E-state index in [1.54, 1.807) is 0 Å². The van der Waals surface area contributed by atoms with E-state index in [0.29, 0.717) is 0 Å². The maximum atomic E-state index is 9.33. The highest BCUT2D eigenvalue weighted by Gasteiger charge is 2.30. The number of unbranched alkanes of at least 4 members (excludes halogenated alkanes) is 30. The zero-order valence-electron chi connectivity index (χ0n) is 34.9. The molecule has 1 heterocycles. The van der Waals surface area contributed by atoms with Gasteiger partial charge in [-0.25, -0.2) is 0 Å². The van der Waals surface area contributed by atoms with Gasteiger partial charge in [0.25, 0.3) is 0 Å². The van der Waals surface area contributed by atoms with Crippen molar-refractivity contribution in [2.45, 2.75) is 245 Å². The van der Waals surface area contributed by atoms with Crippen molar-refractivity contribution in [2.24, 2.45) is 4.99 Å². The van der Waals surface area contributed by atoms with Crippen LogP contribution in [-0.4, -0.2) is 56.1 Å². The summed E-state index contributed by atoms with van der Waals surface area (Å²) in [7, 11) is -3.29. The number of rotatable bonds is 37. The van der Waals surface area contributed by atoms with Gasteiger partial charge in [-0.05, 0) is 33.2 Å². The van der Waals surface area contributed by atoms with E-state index in [-0.39, 0.29) is 5.66 Å². The first-order valence-corrected chi connectivity index (χ1v) is 23.6. The van der Waals surface area contributed by atoms with Crippen molar-refractivity contribution in [1.82, 2.24) is 10.2 Å². The lowest BCUT2D eigenvalue weighted by molar-refractivity contribution is 0.177. The molecule has 0 radical (unpaired) electrons. The molecule has 0 aromatic heterocycles. The number of amidine groups is 1. The van der Waals surface area contributed by atoms with Crippen molar-refractivity contribution in [3.8, 4) is 0 Å². The lowest BCUT2D eigenvalue weighted by Crippen LogP contribution is -2.56. The molecule has 0 aliphatic carbocycles. The van der Waals surface area contributed by atoms with Crippen LogP contribution in [0, 0.1) is 0 Å². The van der Waals surface area contributed by atoms with Crippen molar-refractivity contribution in [1.29, 1.82) is 0 Å². The third-order valence-corrected chi connectivity index (χ3v) is 11.1. The summed E-state index contributed by atoms with van der Waals surface area (Å²) >= 11 is 0. The zero-order chi connectivity index (χ0) is 37.7. The Morgan fingerprint density at radius 2 is 0.882 bits per heavy atom. The van der Waals surface area contributed by atoms with E-state index in [1.807, 2.05) is 0 Å². The predicted octanol–water partition coefficient (Wildman–Crippen LogP) is 13.4. The van der Waals surface area contributed by atoms with E-state index >= 15 is 0 Å². The van der Waals surface area contributed by atoms with E-state index in [0.717, 1.165) is 26.7 Å². The molecule has 0 atom stereocenters. The van der Waals surface area contributed by atoms with Crippen LogP contribution in [0.3, 0.4) is 0 Å². The largest absolute Gasteiger partial charge is 0.397 e. The van der Waals surface area contributed by atoms with Crippen molar-refractivity contribution in [2.75, 3.05) is 26.7 Å². The smallest absolute Gasteiger partial charge is 0.341 e. The number of nitrogens with zero attached hydrogens (tertiary/aromatic N) is 2. The highest BCUT2D eigenvalue weighted by Crippen LogP contribution is 2.21. The van der Waals surface area contributed by atoms with Crippen LogP contribution in [0.1, 0.15) is 240 Å². The normalized spacial score (nSPS) is 13.5. The molecule has 0 fully saturated rings. The highest BCUT2D eigenvalue weighted by atomic mass is 32.3. The summed E-state index contributed by atoms with van der Waals surface area (Å²) in [5, 5.41) is 3.88. The molecule has 0 amide bonds. The fraction of sp³-hybridized carbons (Fsp3) is 0.977. The van der Waals surface area contributed by atoms with Gasteiger partial charge in [0, 0.05) is 13.0 Å². The van der Waals surface area contributed by atoms with Crippen LogP contribution in [-0.2, 0) is 14.6 Å². The van der Waals surface area contributed by atoms with Gasteiger partial charge in [-0.1, -0.05) is 206 Å². The molecule has 306 valence electrons. The maximum absolute atomic E-state index is 9.33. The molecule has 7 nitrogen and oxygen atoms in total. The van der Waals surface area contributed by atoms with Crippen molar-refractivity contribution in [3.63, 3.8) is 0 Å². The fourth-order valence-corrected chi connectivity index (χ4v) is 7.30. The molecule has 0 saturated heterocycles. The highest BCUT2D eigenvalue weighted by molar-refractivity contribution is 7.80. The molecule has 51 heavy (non-hydrogen) atoms. The maximum Gasteiger partial charge on any atom is 0.397 e. The Morgan fingerprint density at radius 1 is 0.588 bits per heavy atom. The van der Waals surface area contributed by atoms with Crippen LogP contribution in [0.25, 0.3) is 0 Å². The van der Waals surface area contributed by atoms with Crippen molar-refractivity contribution in [3.05, 3.63) is 0 Å². The third kappa shape index (κ3) is 34.8. The Bertz CT molecular complexity index is 865. The number of hydrogen-bond acceptors (Lipinski definition) is 6. The van der Waals surface area contributed by atoms with Gasteiger partial charge in [-0.3, -0.25) is 19.0 Å². The standard InChI is InChI=1S/C42H85N3.CH4O4S/c1-5-7-9-11-13-15-17-19-21-23-25-27-29-31-33-35-37-41-43-39-40-45(41)42(3,4)44-38-36-34-32-30-28-26-24-22-20-18-16-14-12-10-8-6-2;1-5-6(2,3)4/h44H,5-40H2,1-4H3;1H3,(H,2,3,4). The minimum Gasteiger partial charge on any atom is -0.341 e. The summed E-state index contributed by atoms with van der Waals surface area (Å²) < 4.78 is 29.7. The van der Waals surface area contributed by atoms with Crippen molar-refractivity contribution >= 4 is 16.2 Å². The number of aliphatic imine (C=N–C) groups is 1. The summed E-state index contributed by atoms with van der Waals surface area (Å²) in [6.07, 6.45) is 47.1. The van der Waals surface area contributed by atoms with Gasteiger partial charge in [0.1, 0.15) is 5.84 Å². The Balaban J connectivity index is 0.00000381. The Kier molecular flexibility index (Phi) is 35.8. The van der Waals surface area contributed by atoms with E-state index in [1.165, 1.54) is 218 Å². The molecule has 1 aliphatic heterocycles. The van der Waals surface area contributed by atoms with E-state index in [9.17, 15) is 8.42 Å². The summed E-state index contributed by atoms with van der Waals surface area (Å²) in [5.41, 5.74) is 0.0277. The second-order valence-electron chi connectivity index (χ2n) is 15.9. The molecule has 0 bridgehead atoms. The quantitative estimate of drug-likeness (QED) is 0.0486. The van der Waals surface area contributed by atoms with Crippen molar-refractivity contribution < 1.29 is 17.2 Å². The molecule has 0 unspecified atom stereocenters. The van der Waals surface area contributed by atoms with E-state index < -0.39 is 10.4 Å². The van der Waals surface area contributed by atoms with Crippen LogP contribution in [0.2, 0.25) is 0 Å². The molecular weight excluding hydrogens is 655 g/mol. The van der Waals surface area contributed by atoms with Gasteiger partial charge in [-0.2, -0.15) is 8.42 Å². The average Bonchev–Trinajstić information content (AvgIpc) is 3.59. The summed E-state index contributed by atoms with van der Waals surface area (Å²) in [6, 6.07) is 0. The Hall–Kier alpha value is -0.700. The topological polar surface area (TPSA) is 91.2 Å². The molecule has 1 aliphatic rings. The molecule has 0 spiro atoms. The third-order valence-electron chi connectivity index (χ3n) is 10.7. The van der Waals surface area contributed by atoms with Gasteiger partial charge in [0.2, 0.25) is 0 Å². The first-order chi connectivity index (χ1) is 24.7. The van der Waals surface area contributed by atoms with E-state index in [4.69, 9.17) is 9.55 Å². The SMILES string of the molecule is CCCCCCCCCCCCCCCCCCNC(C)(C)N1CCN=C1CCCCCCCCCCCCCCCCCC.COS(=O)(=O)O. The summed E-state index contributed by atoms with van der Waals surface area (Å²) in [5.74, 6) is 1.37. The predicted molar refractivity (Wildman–Crippen MR) is 223 cm³/mol. The second-order valence-corrected chi connectivity index (χ2v) is 17.1. The first kappa shape index (κ1) is 50.3. The number of hydrogen-bond donors (Lipinski definition) is 2. The lowest BCUT2D eigenvalue weighted by Gasteiger charge is -2.39. The molecule has 1 rings (SSSR count). The van der Waals surface area contributed by atoms with Gasteiger partial charge in [0.05, 0.1) is 19.3 Å². The molecule has 0 saturated carbocycles. The average molecular weight is 744 g/mol. The molecule has 8 heteroatoms. The van der Waals surface area contributed by atoms with Crippen LogP contribution >= 0.6 is 0 Å². The van der Waals surface area contributed by atoms with Gasteiger partial charge in [-0.15, -0.1) is 0 Å². The first-order valence-electron chi connectivity index (χ1n) is 22.3. The molecule has 2 N–H and O–H groups in total. The van der Waals surface area contributed by atoms with Crippen LogP contribution in [0.4, 0.5) is 0 Å². The summed E-state index contributed by atoms with van der Waals surface area (Å²) in [6.45, 7) is 12.6. The van der Waals surface area contributed by atoms with Gasteiger partial charge in [0.15, 0.2) is 0 Å². The molecule has 0 aromatic rings. The van der Waals surface area contributed by atoms with E-state index in [2.05, 4.69) is 42.1 Å². The second kappa shape index (κ2) is 36.3. The van der Waals surface area contributed by atoms with Crippen LogP contribution in [0.5, 0.6) is 0 Å². The molecule has 0 aromatic carbocycles. The summed E-state index contributed by atoms with van der Waals surface area (Å²) in [4.78, 5) is 7.49. The fourth-order valence-electron chi connectivity index (χ4n) is 7.30. The minimum atomic E-state index is -4.16. The molecular formula is C43H89N3O4S. The van der Waals surface area contributed by atoms with Crippen LogP contribution < -0.4 is 5.32 Å². The monoisotopic (exact) mass is 744 g/mol. The lowest BCUT2D eigenvalue weighted by atomic mass is 10.0.